The fourth-order valence-corrected chi connectivity index (χ4v) is 2.93. The molecule has 2 amide bonds. The summed E-state index contributed by atoms with van der Waals surface area (Å²) in [6.45, 7) is 7.20. The van der Waals surface area contributed by atoms with Crippen LogP contribution in [0.1, 0.15) is 34.2 Å². The van der Waals surface area contributed by atoms with E-state index in [1.807, 2.05) is 38.1 Å². The zero-order valence-corrected chi connectivity index (χ0v) is 14.8. The lowest BCUT2D eigenvalue weighted by atomic mass is 10.1. The van der Waals surface area contributed by atoms with Gasteiger partial charge in [-0.3, -0.25) is 14.6 Å². The van der Waals surface area contributed by atoms with E-state index in [0.29, 0.717) is 19.6 Å². The molecular weight excluding hydrogens is 316 g/mol. The average molecular weight is 338 g/mol. The standard InChI is InChI=1S/C19H22N4O2/c1-13-4-6-16(7-5-13)12-22-8-9-23(15(3)18(22)24)19(25)17-11-20-14(2)10-21-17/h4-7,10-11,15H,8-9,12H2,1-3H3/t15-/m1/s1. The summed E-state index contributed by atoms with van der Waals surface area (Å²) >= 11 is 0. The molecule has 1 aliphatic heterocycles. The molecule has 2 heterocycles. The van der Waals surface area contributed by atoms with E-state index in [1.54, 1.807) is 22.9 Å². The van der Waals surface area contributed by atoms with Gasteiger partial charge in [0.2, 0.25) is 5.91 Å². The third-order valence-electron chi connectivity index (χ3n) is 4.50. The topological polar surface area (TPSA) is 66.4 Å². The normalized spacial score (nSPS) is 17.7. The first-order valence-electron chi connectivity index (χ1n) is 8.39. The molecule has 0 spiro atoms. The van der Waals surface area contributed by atoms with E-state index in [0.717, 1.165) is 11.3 Å². The summed E-state index contributed by atoms with van der Waals surface area (Å²) < 4.78 is 0. The van der Waals surface area contributed by atoms with Gasteiger partial charge >= 0.3 is 0 Å². The predicted molar refractivity (Wildman–Crippen MR) is 93.9 cm³/mol. The van der Waals surface area contributed by atoms with E-state index >= 15 is 0 Å². The molecule has 6 heteroatoms. The maximum Gasteiger partial charge on any atom is 0.274 e. The summed E-state index contributed by atoms with van der Waals surface area (Å²) in [5.74, 6) is -0.288. The minimum atomic E-state index is -0.505. The van der Waals surface area contributed by atoms with Crippen molar-refractivity contribution in [3.8, 4) is 0 Å². The quantitative estimate of drug-likeness (QED) is 0.858. The summed E-state index contributed by atoms with van der Waals surface area (Å²) in [6.07, 6.45) is 3.03. The molecule has 6 nitrogen and oxygen atoms in total. The van der Waals surface area contributed by atoms with Crippen molar-refractivity contribution >= 4 is 11.8 Å². The third kappa shape index (κ3) is 3.68. The highest BCUT2D eigenvalue weighted by molar-refractivity contribution is 5.96. The largest absolute Gasteiger partial charge is 0.335 e. The van der Waals surface area contributed by atoms with Gasteiger partial charge in [-0.2, -0.15) is 0 Å². The van der Waals surface area contributed by atoms with E-state index in [2.05, 4.69) is 9.97 Å². The first-order chi connectivity index (χ1) is 12.0. The number of benzene rings is 1. The molecule has 1 aromatic heterocycles. The summed E-state index contributed by atoms with van der Waals surface area (Å²) in [6, 6.07) is 7.65. The Bertz CT molecular complexity index is 771. The van der Waals surface area contributed by atoms with Gasteiger partial charge in [-0.05, 0) is 26.3 Å². The maximum atomic E-state index is 12.7. The molecule has 25 heavy (non-hydrogen) atoms. The summed E-state index contributed by atoms with van der Waals surface area (Å²) in [5.41, 5.74) is 3.31. The van der Waals surface area contributed by atoms with Crippen LogP contribution in [0.5, 0.6) is 0 Å². The SMILES string of the molecule is Cc1ccc(CN2CCN(C(=O)c3cnc(C)cn3)[C@H](C)C2=O)cc1. The van der Waals surface area contributed by atoms with Crippen molar-refractivity contribution in [2.24, 2.45) is 0 Å². The van der Waals surface area contributed by atoms with Gasteiger partial charge in [-0.25, -0.2) is 4.98 Å². The van der Waals surface area contributed by atoms with Crippen molar-refractivity contribution in [1.82, 2.24) is 19.8 Å². The summed E-state index contributed by atoms with van der Waals surface area (Å²) in [5, 5.41) is 0. The number of hydrogen-bond acceptors (Lipinski definition) is 4. The van der Waals surface area contributed by atoms with Gasteiger partial charge in [0.25, 0.3) is 5.91 Å². The Morgan fingerprint density at radius 2 is 1.84 bits per heavy atom. The molecule has 1 atom stereocenters. The highest BCUT2D eigenvalue weighted by atomic mass is 16.2. The fourth-order valence-electron chi connectivity index (χ4n) is 2.93. The molecule has 0 radical (unpaired) electrons. The summed E-state index contributed by atoms with van der Waals surface area (Å²) in [4.78, 5) is 36.9. The molecule has 2 aromatic rings. The second-order valence-corrected chi connectivity index (χ2v) is 6.46. The van der Waals surface area contributed by atoms with Crippen LogP contribution in [0.4, 0.5) is 0 Å². The fraction of sp³-hybridized carbons (Fsp3) is 0.368. The lowest BCUT2D eigenvalue weighted by Crippen LogP contribution is -2.57. The average Bonchev–Trinajstić information content (AvgIpc) is 2.61. The minimum absolute atomic E-state index is 0.0414. The van der Waals surface area contributed by atoms with E-state index in [-0.39, 0.29) is 17.5 Å². The van der Waals surface area contributed by atoms with Gasteiger partial charge in [0.15, 0.2) is 0 Å². The highest BCUT2D eigenvalue weighted by Crippen LogP contribution is 2.17. The van der Waals surface area contributed by atoms with Crippen LogP contribution in [0.15, 0.2) is 36.7 Å². The Hall–Kier alpha value is -2.76. The maximum absolute atomic E-state index is 12.7. The van der Waals surface area contributed by atoms with Crippen LogP contribution in [0.2, 0.25) is 0 Å². The third-order valence-corrected chi connectivity index (χ3v) is 4.50. The van der Waals surface area contributed by atoms with Crippen molar-refractivity contribution in [3.63, 3.8) is 0 Å². The van der Waals surface area contributed by atoms with E-state index in [1.165, 1.54) is 11.8 Å². The van der Waals surface area contributed by atoms with Gasteiger partial charge in [0.05, 0.1) is 11.9 Å². The molecule has 0 aliphatic carbocycles. The van der Waals surface area contributed by atoms with Gasteiger partial charge < -0.3 is 9.80 Å². The molecular formula is C19H22N4O2. The molecule has 1 aliphatic rings. The number of piperazine rings is 1. The number of amides is 2. The van der Waals surface area contributed by atoms with Crippen LogP contribution in [0, 0.1) is 13.8 Å². The highest BCUT2D eigenvalue weighted by Gasteiger charge is 2.35. The number of carbonyl (C=O) groups excluding carboxylic acids is 2. The number of aryl methyl sites for hydroxylation is 2. The lowest BCUT2D eigenvalue weighted by Gasteiger charge is -2.39. The van der Waals surface area contributed by atoms with Crippen molar-refractivity contribution in [3.05, 3.63) is 59.2 Å². The van der Waals surface area contributed by atoms with Crippen molar-refractivity contribution in [2.45, 2.75) is 33.4 Å². The van der Waals surface area contributed by atoms with Crippen molar-refractivity contribution in [1.29, 1.82) is 0 Å². The van der Waals surface area contributed by atoms with Crippen LogP contribution < -0.4 is 0 Å². The minimum Gasteiger partial charge on any atom is -0.335 e. The number of hydrogen-bond donors (Lipinski definition) is 0. The number of carbonyl (C=O) groups is 2. The van der Waals surface area contributed by atoms with Crippen LogP contribution in [-0.2, 0) is 11.3 Å². The molecule has 0 bridgehead atoms. The second kappa shape index (κ2) is 7.01. The van der Waals surface area contributed by atoms with Gasteiger partial charge in [0, 0.05) is 25.8 Å². The molecule has 1 fully saturated rings. The van der Waals surface area contributed by atoms with Crippen LogP contribution in [0.3, 0.4) is 0 Å². The Kier molecular flexibility index (Phi) is 4.79. The van der Waals surface area contributed by atoms with Crippen LogP contribution >= 0.6 is 0 Å². The second-order valence-electron chi connectivity index (χ2n) is 6.46. The predicted octanol–water partition coefficient (Wildman–Crippen LogP) is 1.97. The van der Waals surface area contributed by atoms with E-state index < -0.39 is 6.04 Å². The zero-order chi connectivity index (χ0) is 18.0. The Labute approximate surface area is 147 Å². The molecule has 3 rings (SSSR count). The molecule has 1 aromatic carbocycles. The lowest BCUT2D eigenvalue weighted by molar-refractivity contribution is -0.140. The van der Waals surface area contributed by atoms with Gasteiger partial charge in [-0.15, -0.1) is 0 Å². The first kappa shape index (κ1) is 17.1. The number of aromatic nitrogens is 2. The zero-order valence-electron chi connectivity index (χ0n) is 14.8. The Morgan fingerprint density at radius 1 is 1.12 bits per heavy atom. The smallest absolute Gasteiger partial charge is 0.274 e. The number of nitrogens with zero attached hydrogens (tertiary/aromatic N) is 4. The van der Waals surface area contributed by atoms with Crippen LogP contribution in [0.25, 0.3) is 0 Å². The first-order valence-corrected chi connectivity index (χ1v) is 8.39. The summed E-state index contributed by atoms with van der Waals surface area (Å²) in [7, 11) is 0. The monoisotopic (exact) mass is 338 g/mol. The van der Waals surface area contributed by atoms with Crippen LogP contribution in [-0.4, -0.2) is 50.7 Å². The Morgan fingerprint density at radius 3 is 2.48 bits per heavy atom. The number of rotatable bonds is 3. The van der Waals surface area contributed by atoms with Gasteiger partial charge in [-0.1, -0.05) is 29.8 Å². The molecule has 130 valence electrons. The molecule has 0 N–H and O–H groups in total. The molecule has 0 saturated carbocycles. The van der Waals surface area contributed by atoms with Crippen molar-refractivity contribution in [2.75, 3.05) is 13.1 Å². The van der Waals surface area contributed by atoms with E-state index in [9.17, 15) is 9.59 Å². The van der Waals surface area contributed by atoms with Gasteiger partial charge in [0.1, 0.15) is 11.7 Å². The van der Waals surface area contributed by atoms with E-state index in [4.69, 9.17) is 0 Å². The molecule has 1 saturated heterocycles. The van der Waals surface area contributed by atoms with Crippen molar-refractivity contribution < 1.29 is 9.59 Å². The Balaban J connectivity index is 1.69. The molecule has 0 unspecified atom stereocenters.